The van der Waals surface area contributed by atoms with Crippen LogP contribution in [0, 0.1) is 0 Å². The number of aliphatic hydroxyl groups excluding tert-OH is 1. The number of aromatic hydroxyl groups is 2. The molecule has 1 heterocycles. The summed E-state index contributed by atoms with van der Waals surface area (Å²) in [6, 6.07) is 9.74. The summed E-state index contributed by atoms with van der Waals surface area (Å²) in [7, 11) is 0. The first kappa shape index (κ1) is 20.0. The zero-order valence-electron chi connectivity index (χ0n) is 16.4. The number of ketones is 1. The Hall–Kier alpha value is -2.79. The first-order valence-electron chi connectivity index (χ1n) is 9.41. The van der Waals surface area contributed by atoms with Gasteiger partial charge in [-0.05, 0) is 33.6 Å². The number of carbonyl (C=O) groups is 1. The van der Waals surface area contributed by atoms with E-state index in [9.17, 15) is 20.1 Å². The van der Waals surface area contributed by atoms with Crippen LogP contribution < -0.4 is 4.74 Å². The van der Waals surface area contributed by atoms with Crippen molar-refractivity contribution in [3.05, 3.63) is 64.7 Å². The van der Waals surface area contributed by atoms with E-state index in [0.29, 0.717) is 24.0 Å². The Morgan fingerprint density at radius 3 is 2.54 bits per heavy atom. The summed E-state index contributed by atoms with van der Waals surface area (Å²) in [6.45, 7) is 5.79. The summed E-state index contributed by atoms with van der Waals surface area (Å²) in [4.78, 5) is 13.1. The highest BCUT2D eigenvalue weighted by Crippen LogP contribution is 2.46. The van der Waals surface area contributed by atoms with E-state index in [0.717, 1.165) is 6.07 Å². The number of allylic oxidation sites excluding steroid dienone is 2. The van der Waals surface area contributed by atoms with E-state index in [1.807, 2.05) is 13.8 Å². The fraction of sp³-hybridized carbons (Fsp3) is 0.348. The number of carbonyl (C=O) groups excluding carboxylic acids is 1. The number of ether oxygens (including phenoxy) is 1. The molecule has 2 aromatic rings. The Morgan fingerprint density at radius 2 is 1.89 bits per heavy atom. The SMILES string of the molecule is CC(C)=CCC[C@]1(C)Oc2c(c(O)cc(O)c2C(=O)c2ccccc2)C[C@@H]1O. The molecular weight excluding hydrogens is 356 g/mol. The Morgan fingerprint density at radius 1 is 1.21 bits per heavy atom. The fourth-order valence-electron chi connectivity index (χ4n) is 3.51. The van der Waals surface area contributed by atoms with Gasteiger partial charge in [-0.2, -0.15) is 0 Å². The van der Waals surface area contributed by atoms with Crippen LogP contribution in [0.3, 0.4) is 0 Å². The number of benzene rings is 2. The van der Waals surface area contributed by atoms with Gasteiger partial charge in [-0.3, -0.25) is 4.79 Å². The van der Waals surface area contributed by atoms with Crippen molar-refractivity contribution in [1.82, 2.24) is 0 Å². The summed E-state index contributed by atoms with van der Waals surface area (Å²) in [6.07, 6.45) is 2.60. The van der Waals surface area contributed by atoms with Crippen LogP contribution in [-0.4, -0.2) is 32.8 Å². The largest absolute Gasteiger partial charge is 0.507 e. The van der Waals surface area contributed by atoms with E-state index in [-0.39, 0.29) is 29.2 Å². The number of hydrogen-bond acceptors (Lipinski definition) is 5. The zero-order chi connectivity index (χ0) is 20.5. The van der Waals surface area contributed by atoms with Crippen molar-refractivity contribution in [2.75, 3.05) is 0 Å². The number of aliphatic hydroxyl groups is 1. The molecule has 5 nitrogen and oxygen atoms in total. The first-order valence-corrected chi connectivity index (χ1v) is 9.41. The van der Waals surface area contributed by atoms with Crippen molar-refractivity contribution in [3.8, 4) is 17.2 Å². The van der Waals surface area contributed by atoms with E-state index in [1.165, 1.54) is 5.57 Å². The van der Waals surface area contributed by atoms with E-state index in [4.69, 9.17) is 4.74 Å². The van der Waals surface area contributed by atoms with Gasteiger partial charge in [-0.1, -0.05) is 42.0 Å². The van der Waals surface area contributed by atoms with Crippen LogP contribution in [0.2, 0.25) is 0 Å². The van der Waals surface area contributed by atoms with Crippen LogP contribution in [0.4, 0.5) is 0 Å². The molecule has 1 aliphatic rings. The highest BCUT2D eigenvalue weighted by molar-refractivity contribution is 6.13. The maximum atomic E-state index is 13.1. The molecule has 2 atom stereocenters. The molecule has 28 heavy (non-hydrogen) atoms. The third-order valence-corrected chi connectivity index (χ3v) is 5.23. The summed E-state index contributed by atoms with van der Waals surface area (Å²) in [5.74, 6) is -0.774. The predicted molar refractivity (Wildman–Crippen MR) is 107 cm³/mol. The third kappa shape index (κ3) is 3.76. The summed E-state index contributed by atoms with van der Waals surface area (Å²) >= 11 is 0. The van der Waals surface area contributed by atoms with Gasteiger partial charge in [0.25, 0.3) is 0 Å². The van der Waals surface area contributed by atoms with Gasteiger partial charge >= 0.3 is 0 Å². The maximum absolute atomic E-state index is 13.1. The zero-order valence-corrected chi connectivity index (χ0v) is 16.4. The number of fused-ring (bicyclic) bond motifs is 1. The molecule has 0 bridgehead atoms. The van der Waals surface area contributed by atoms with Gasteiger partial charge in [0.1, 0.15) is 28.4 Å². The highest BCUT2D eigenvalue weighted by Gasteiger charge is 2.42. The molecule has 0 amide bonds. The maximum Gasteiger partial charge on any atom is 0.200 e. The number of rotatable bonds is 5. The van der Waals surface area contributed by atoms with Crippen molar-refractivity contribution in [2.24, 2.45) is 0 Å². The second-order valence-electron chi connectivity index (χ2n) is 7.75. The molecule has 0 fully saturated rings. The summed E-state index contributed by atoms with van der Waals surface area (Å²) in [5, 5.41) is 31.4. The van der Waals surface area contributed by atoms with Crippen molar-refractivity contribution < 1.29 is 24.9 Å². The van der Waals surface area contributed by atoms with Crippen molar-refractivity contribution in [3.63, 3.8) is 0 Å². The molecule has 2 aromatic carbocycles. The van der Waals surface area contributed by atoms with Crippen molar-refractivity contribution in [1.29, 1.82) is 0 Å². The lowest BCUT2D eigenvalue weighted by molar-refractivity contribution is -0.0596. The standard InChI is InChI=1S/C23H26O5/c1-14(2)8-7-11-23(3)19(26)12-16-17(24)13-18(25)20(22(16)28-23)21(27)15-9-5-4-6-10-15/h4-6,8-10,13,19,24-26H,7,11-12H2,1-3H3/t19-,23-/m0/s1. The van der Waals surface area contributed by atoms with E-state index in [1.54, 1.807) is 37.3 Å². The molecule has 0 saturated carbocycles. The lowest BCUT2D eigenvalue weighted by Crippen LogP contribution is -2.49. The van der Waals surface area contributed by atoms with Gasteiger partial charge in [0.15, 0.2) is 0 Å². The van der Waals surface area contributed by atoms with Crippen LogP contribution in [0.25, 0.3) is 0 Å². The van der Waals surface area contributed by atoms with Crippen LogP contribution in [0.1, 0.15) is 55.1 Å². The summed E-state index contributed by atoms with van der Waals surface area (Å²) in [5.41, 5.74) is 0.991. The van der Waals surface area contributed by atoms with Gasteiger partial charge in [0.05, 0.1) is 6.10 Å². The van der Waals surface area contributed by atoms with Gasteiger partial charge in [0, 0.05) is 23.6 Å². The molecular formula is C23H26O5. The predicted octanol–water partition coefficient (Wildman–Crippen LogP) is 4.13. The lowest BCUT2D eigenvalue weighted by atomic mass is 9.83. The van der Waals surface area contributed by atoms with Gasteiger partial charge in [-0.15, -0.1) is 0 Å². The molecule has 0 saturated heterocycles. The molecule has 0 radical (unpaired) electrons. The highest BCUT2D eigenvalue weighted by atomic mass is 16.5. The average Bonchev–Trinajstić information content (AvgIpc) is 2.64. The van der Waals surface area contributed by atoms with E-state index >= 15 is 0 Å². The smallest absolute Gasteiger partial charge is 0.200 e. The Bertz CT molecular complexity index is 912. The van der Waals surface area contributed by atoms with Crippen molar-refractivity contribution >= 4 is 5.78 Å². The van der Waals surface area contributed by atoms with Crippen LogP contribution >= 0.6 is 0 Å². The molecule has 3 N–H and O–H groups in total. The monoisotopic (exact) mass is 382 g/mol. The molecule has 0 spiro atoms. The topological polar surface area (TPSA) is 87.0 Å². The number of phenolic OH excluding ortho intramolecular Hbond substituents is 2. The number of phenols is 2. The van der Waals surface area contributed by atoms with Crippen LogP contribution in [-0.2, 0) is 6.42 Å². The second-order valence-corrected chi connectivity index (χ2v) is 7.75. The quantitative estimate of drug-likeness (QED) is 0.535. The Labute approximate surface area is 164 Å². The lowest BCUT2D eigenvalue weighted by Gasteiger charge is -2.40. The van der Waals surface area contributed by atoms with Crippen molar-refractivity contribution in [2.45, 2.75) is 51.7 Å². The van der Waals surface area contributed by atoms with E-state index in [2.05, 4.69) is 6.08 Å². The van der Waals surface area contributed by atoms with E-state index < -0.39 is 17.5 Å². The minimum Gasteiger partial charge on any atom is -0.507 e. The Balaban J connectivity index is 2.05. The molecule has 3 rings (SSSR count). The van der Waals surface area contributed by atoms with Gasteiger partial charge in [-0.25, -0.2) is 0 Å². The molecule has 1 aliphatic heterocycles. The molecule has 148 valence electrons. The second kappa shape index (κ2) is 7.68. The Kier molecular flexibility index (Phi) is 5.47. The fourth-order valence-corrected chi connectivity index (χ4v) is 3.51. The third-order valence-electron chi connectivity index (χ3n) is 5.23. The van der Waals surface area contributed by atoms with Crippen LogP contribution in [0.15, 0.2) is 48.0 Å². The van der Waals surface area contributed by atoms with Crippen LogP contribution in [0.5, 0.6) is 17.2 Å². The molecule has 5 heteroatoms. The normalized spacial score (nSPS) is 20.8. The number of hydrogen-bond donors (Lipinski definition) is 3. The molecule has 0 aromatic heterocycles. The van der Waals surface area contributed by atoms with Gasteiger partial charge < -0.3 is 20.1 Å². The molecule has 0 aliphatic carbocycles. The minimum absolute atomic E-state index is 0.0133. The average molecular weight is 382 g/mol. The van der Waals surface area contributed by atoms with Gasteiger partial charge in [0.2, 0.25) is 5.78 Å². The summed E-state index contributed by atoms with van der Waals surface area (Å²) < 4.78 is 6.13. The first-order chi connectivity index (χ1) is 13.2. The minimum atomic E-state index is -0.940. The molecule has 0 unspecified atom stereocenters.